The van der Waals surface area contributed by atoms with E-state index >= 15 is 0 Å². The number of nitrogens with zero attached hydrogens (tertiary/aromatic N) is 2. The molecule has 2 fully saturated rings. The van der Waals surface area contributed by atoms with Crippen LogP contribution >= 0.6 is 0 Å². The molecule has 0 aliphatic carbocycles. The van der Waals surface area contributed by atoms with Crippen LogP contribution in [-0.2, 0) is 10.8 Å². The Morgan fingerprint density at radius 1 is 1.33 bits per heavy atom. The quantitative estimate of drug-likeness (QED) is 0.778. The van der Waals surface area contributed by atoms with Crippen molar-refractivity contribution < 1.29 is 4.21 Å². The Morgan fingerprint density at radius 2 is 2.11 bits per heavy atom. The third-order valence-corrected chi connectivity index (χ3v) is 5.55. The molecule has 0 aromatic heterocycles. The van der Waals surface area contributed by atoms with E-state index in [1.807, 2.05) is 6.26 Å². The monoisotopic (exact) mass is 272 g/mol. The van der Waals surface area contributed by atoms with Crippen LogP contribution in [0.5, 0.6) is 0 Å². The molecule has 0 N–H and O–H groups in total. The lowest BCUT2D eigenvalue weighted by Gasteiger charge is -2.50. The predicted molar refractivity (Wildman–Crippen MR) is 78.4 cm³/mol. The van der Waals surface area contributed by atoms with Gasteiger partial charge in [-0.1, -0.05) is 13.3 Å². The van der Waals surface area contributed by atoms with Gasteiger partial charge in [-0.25, -0.2) is 0 Å². The van der Waals surface area contributed by atoms with Crippen LogP contribution in [0, 0.1) is 0 Å². The molecule has 2 rings (SSSR count). The SMILES string of the molecule is CCC1CN2CCCCC2CN1C(C)CS(C)=O. The maximum absolute atomic E-state index is 11.4. The molecular weight excluding hydrogens is 244 g/mol. The fourth-order valence-electron chi connectivity index (χ4n) is 3.61. The highest BCUT2D eigenvalue weighted by atomic mass is 32.2. The summed E-state index contributed by atoms with van der Waals surface area (Å²) >= 11 is 0. The first-order chi connectivity index (χ1) is 8.61. The second kappa shape index (κ2) is 6.49. The van der Waals surface area contributed by atoms with Crippen LogP contribution in [0.2, 0.25) is 0 Å². The van der Waals surface area contributed by atoms with Crippen LogP contribution in [0.25, 0.3) is 0 Å². The van der Waals surface area contributed by atoms with E-state index in [0.717, 1.165) is 11.8 Å². The Labute approximate surface area is 114 Å². The molecule has 4 unspecified atom stereocenters. The van der Waals surface area contributed by atoms with Crippen LogP contribution in [0.15, 0.2) is 0 Å². The number of hydrogen-bond acceptors (Lipinski definition) is 3. The van der Waals surface area contributed by atoms with Crippen LogP contribution in [0.4, 0.5) is 0 Å². The molecule has 2 saturated heterocycles. The van der Waals surface area contributed by atoms with Crippen molar-refractivity contribution in [1.82, 2.24) is 9.80 Å². The van der Waals surface area contributed by atoms with Crippen molar-refractivity contribution in [3.8, 4) is 0 Å². The number of rotatable bonds is 4. The largest absolute Gasteiger partial charge is 0.298 e. The second-order valence-corrected chi connectivity index (χ2v) is 7.47. The van der Waals surface area contributed by atoms with Crippen molar-refractivity contribution >= 4 is 10.8 Å². The van der Waals surface area contributed by atoms with E-state index in [-0.39, 0.29) is 0 Å². The summed E-state index contributed by atoms with van der Waals surface area (Å²) in [5.74, 6) is 0.823. The highest BCUT2D eigenvalue weighted by Crippen LogP contribution is 2.26. The van der Waals surface area contributed by atoms with E-state index in [1.54, 1.807) is 0 Å². The third-order valence-electron chi connectivity index (χ3n) is 4.60. The van der Waals surface area contributed by atoms with Gasteiger partial charge in [0.05, 0.1) is 0 Å². The van der Waals surface area contributed by atoms with Crippen LogP contribution in [-0.4, -0.2) is 63.8 Å². The normalized spacial score (nSPS) is 33.9. The van der Waals surface area contributed by atoms with Gasteiger partial charge < -0.3 is 0 Å². The molecular formula is C14H28N2OS. The molecule has 0 aromatic carbocycles. The Bertz CT molecular complexity index is 298. The zero-order valence-electron chi connectivity index (χ0n) is 12.1. The van der Waals surface area contributed by atoms with Crippen molar-refractivity contribution in [3.63, 3.8) is 0 Å². The maximum Gasteiger partial charge on any atom is 0.0385 e. The minimum atomic E-state index is -0.679. The molecule has 2 heterocycles. The Hall–Kier alpha value is 0.0700. The molecule has 4 atom stereocenters. The molecule has 0 radical (unpaired) electrons. The Morgan fingerprint density at radius 3 is 2.78 bits per heavy atom. The lowest BCUT2D eigenvalue weighted by Crippen LogP contribution is -2.61. The predicted octanol–water partition coefficient (Wildman–Crippen LogP) is 1.70. The van der Waals surface area contributed by atoms with E-state index in [4.69, 9.17) is 0 Å². The first kappa shape index (κ1) is 14.5. The number of fused-ring (bicyclic) bond motifs is 1. The Balaban J connectivity index is 2.01. The van der Waals surface area contributed by atoms with Crippen molar-refractivity contribution in [2.75, 3.05) is 31.6 Å². The van der Waals surface area contributed by atoms with Crippen LogP contribution in [0.3, 0.4) is 0 Å². The highest BCUT2D eigenvalue weighted by molar-refractivity contribution is 7.84. The maximum atomic E-state index is 11.4. The fraction of sp³-hybridized carbons (Fsp3) is 1.00. The third kappa shape index (κ3) is 3.34. The fourth-order valence-corrected chi connectivity index (χ4v) is 4.48. The zero-order chi connectivity index (χ0) is 13.1. The van der Waals surface area contributed by atoms with Crippen LogP contribution in [0.1, 0.15) is 39.5 Å². The van der Waals surface area contributed by atoms with Gasteiger partial charge in [0.15, 0.2) is 0 Å². The summed E-state index contributed by atoms with van der Waals surface area (Å²) in [4.78, 5) is 5.33. The van der Waals surface area contributed by atoms with Gasteiger partial charge in [-0.2, -0.15) is 0 Å². The first-order valence-electron chi connectivity index (χ1n) is 7.41. The summed E-state index contributed by atoms with van der Waals surface area (Å²) in [5, 5.41) is 0. The lowest BCUT2D eigenvalue weighted by molar-refractivity contribution is -0.00718. The van der Waals surface area contributed by atoms with Gasteiger partial charge in [0.2, 0.25) is 0 Å². The van der Waals surface area contributed by atoms with Crippen molar-refractivity contribution in [2.45, 2.75) is 57.7 Å². The highest BCUT2D eigenvalue weighted by Gasteiger charge is 2.36. The number of piperazine rings is 1. The van der Waals surface area contributed by atoms with Crippen LogP contribution < -0.4 is 0 Å². The lowest BCUT2D eigenvalue weighted by atomic mass is 9.95. The summed E-state index contributed by atoms with van der Waals surface area (Å²) < 4.78 is 11.4. The van der Waals surface area contributed by atoms with E-state index in [0.29, 0.717) is 12.1 Å². The molecule has 106 valence electrons. The average Bonchev–Trinajstić information content (AvgIpc) is 2.36. The van der Waals surface area contributed by atoms with E-state index < -0.39 is 10.8 Å². The molecule has 0 bridgehead atoms. The van der Waals surface area contributed by atoms with Gasteiger partial charge >= 0.3 is 0 Å². The van der Waals surface area contributed by atoms with Gasteiger partial charge in [0, 0.05) is 54.0 Å². The molecule has 3 nitrogen and oxygen atoms in total. The van der Waals surface area contributed by atoms with E-state index in [1.165, 1.54) is 45.3 Å². The molecule has 4 heteroatoms. The van der Waals surface area contributed by atoms with Gasteiger partial charge in [0.1, 0.15) is 0 Å². The topological polar surface area (TPSA) is 23.6 Å². The van der Waals surface area contributed by atoms with Gasteiger partial charge in [-0.15, -0.1) is 0 Å². The smallest absolute Gasteiger partial charge is 0.0385 e. The molecule has 18 heavy (non-hydrogen) atoms. The van der Waals surface area contributed by atoms with Crippen molar-refractivity contribution in [2.24, 2.45) is 0 Å². The molecule has 2 aliphatic heterocycles. The summed E-state index contributed by atoms with van der Waals surface area (Å²) in [6.07, 6.45) is 7.16. The van der Waals surface area contributed by atoms with Gasteiger partial charge in [-0.05, 0) is 32.7 Å². The standard InChI is InChI=1S/C14H28N2OS/c1-4-13-9-15-8-6-5-7-14(15)10-16(13)12(2)11-18(3)17/h12-14H,4-11H2,1-3H3. The molecule has 0 amide bonds. The van der Waals surface area contributed by atoms with Gasteiger partial charge in [-0.3, -0.25) is 14.0 Å². The first-order valence-corrected chi connectivity index (χ1v) is 9.14. The number of piperidine rings is 1. The van der Waals surface area contributed by atoms with E-state index in [9.17, 15) is 4.21 Å². The second-order valence-electron chi connectivity index (χ2n) is 5.99. The average molecular weight is 272 g/mol. The minimum absolute atomic E-state index is 0.463. The minimum Gasteiger partial charge on any atom is -0.298 e. The zero-order valence-corrected chi connectivity index (χ0v) is 12.9. The van der Waals surface area contributed by atoms with Crippen molar-refractivity contribution in [3.05, 3.63) is 0 Å². The summed E-state index contributed by atoms with van der Waals surface area (Å²) in [7, 11) is -0.679. The van der Waals surface area contributed by atoms with Crippen molar-refractivity contribution in [1.29, 1.82) is 0 Å². The Kier molecular flexibility index (Phi) is 5.22. The summed E-state index contributed by atoms with van der Waals surface area (Å²) in [6, 6.07) is 1.89. The molecule has 0 saturated carbocycles. The van der Waals surface area contributed by atoms with E-state index in [2.05, 4.69) is 23.6 Å². The number of hydrogen-bond donors (Lipinski definition) is 0. The molecule has 0 spiro atoms. The summed E-state index contributed by atoms with van der Waals surface area (Å²) in [5.41, 5.74) is 0. The molecule has 0 aromatic rings. The molecule has 2 aliphatic rings. The van der Waals surface area contributed by atoms with Gasteiger partial charge in [0.25, 0.3) is 0 Å². The summed E-state index contributed by atoms with van der Waals surface area (Å²) in [6.45, 7) is 8.25.